The largest absolute Gasteiger partial charge is 0.312 e. The predicted octanol–water partition coefficient (Wildman–Crippen LogP) is 1.52. The zero-order valence-electron chi connectivity index (χ0n) is 8.39. The summed E-state index contributed by atoms with van der Waals surface area (Å²) < 4.78 is 0. The first-order chi connectivity index (χ1) is 6.88. The summed E-state index contributed by atoms with van der Waals surface area (Å²) in [5.41, 5.74) is 7.34. The molecule has 0 amide bonds. The van der Waals surface area contributed by atoms with Crippen LogP contribution in [0, 0.1) is 0 Å². The minimum absolute atomic E-state index is 0.0540. The third-order valence-electron chi connectivity index (χ3n) is 2.83. The van der Waals surface area contributed by atoms with Gasteiger partial charge in [0.2, 0.25) is 0 Å². The van der Waals surface area contributed by atoms with Crippen molar-refractivity contribution in [2.24, 2.45) is 5.73 Å². The Labute approximate surface area is 84.9 Å². The van der Waals surface area contributed by atoms with E-state index >= 15 is 0 Å². The van der Waals surface area contributed by atoms with E-state index < -0.39 is 0 Å². The fourth-order valence-corrected chi connectivity index (χ4v) is 1.97. The molecule has 0 saturated carbocycles. The minimum Gasteiger partial charge on any atom is -0.312 e. The van der Waals surface area contributed by atoms with Crippen LogP contribution >= 0.6 is 0 Å². The summed E-state index contributed by atoms with van der Waals surface area (Å²) in [4.78, 5) is 6.34. The number of piperidine rings is 1. The molecule has 1 saturated heterocycles. The maximum atomic E-state index is 6.17. The van der Waals surface area contributed by atoms with Gasteiger partial charge in [-0.05, 0) is 43.6 Å². The summed E-state index contributed by atoms with van der Waals surface area (Å²) in [6, 6.07) is 4.00. The topological polar surface area (TPSA) is 42.1 Å². The van der Waals surface area contributed by atoms with Crippen LogP contribution in [0.1, 0.15) is 31.0 Å². The number of likely N-dealkylation sites (tertiary alicyclic amines) is 1. The van der Waals surface area contributed by atoms with Gasteiger partial charge in [0.05, 0.1) is 6.17 Å². The van der Waals surface area contributed by atoms with Crippen LogP contribution < -0.4 is 5.73 Å². The van der Waals surface area contributed by atoms with Gasteiger partial charge in [-0.15, -0.1) is 0 Å². The first kappa shape index (κ1) is 9.62. The van der Waals surface area contributed by atoms with E-state index in [4.69, 9.17) is 5.73 Å². The summed E-state index contributed by atoms with van der Waals surface area (Å²) in [5, 5.41) is 0. The third kappa shape index (κ3) is 2.11. The van der Waals surface area contributed by atoms with Crippen molar-refractivity contribution in [1.29, 1.82) is 0 Å². The number of hydrogen-bond donors (Lipinski definition) is 1. The lowest BCUT2D eigenvalue weighted by molar-refractivity contribution is 0.167. The van der Waals surface area contributed by atoms with Crippen LogP contribution in [0.4, 0.5) is 0 Å². The van der Waals surface area contributed by atoms with E-state index in [2.05, 4.69) is 9.88 Å². The van der Waals surface area contributed by atoms with Gasteiger partial charge >= 0.3 is 0 Å². The molecule has 2 rings (SSSR count). The summed E-state index contributed by atoms with van der Waals surface area (Å²) in [6.07, 6.45) is 7.56. The fraction of sp³-hybridized carbons (Fsp3) is 0.545. The Morgan fingerprint density at radius 2 is 1.79 bits per heavy atom. The molecule has 1 unspecified atom stereocenters. The molecule has 1 aliphatic heterocycles. The average Bonchev–Trinajstić information content (AvgIpc) is 2.30. The Morgan fingerprint density at radius 3 is 2.43 bits per heavy atom. The Kier molecular flexibility index (Phi) is 3.11. The van der Waals surface area contributed by atoms with E-state index in [-0.39, 0.29) is 6.17 Å². The lowest BCUT2D eigenvalue weighted by Crippen LogP contribution is -2.38. The molecule has 1 atom stereocenters. The molecule has 0 aliphatic carbocycles. The zero-order chi connectivity index (χ0) is 9.80. The van der Waals surface area contributed by atoms with Gasteiger partial charge < -0.3 is 5.73 Å². The van der Waals surface area contributed by atoms with Crippen molar-refractivity contribution >= 4 is 0 Å². The first-order valence-electron chi connectivity index (χ1n) is 5.27. The summed E-state index contributed by atoms with van der Waals surface area (Å²) in [5.74, 6) is 0. The van der Waals surface area contributed by atoms with Crippen molar-refractivity contribution in [3.63, 3.8) is 0 Å². The number of rotatable bonds is 2. The summed E-state index contributed by atoms with van der Waals surface area (Å²) in [7, 11) is 0. The molecule has 1 aromatic rings. The average molecular weight is 191 g/mol. The standard InChI is InChI=1S/C11H17N3/c12-11(10-4-6-13-7-5-10)14-8-2-1-3-9-14/h4-7,11H,1-3,8-9,12H2. The quantitative estimate of drug-likeness (QED) is 0.770. The maximum absolute atomic E-state index is 6.17. The zero-order valence-corrected chi connectivity index (χ0v) is 8.39. The molecule has 0 radical (unpaired) electrons. The molecular weight excluding hydrogens is 174 g/mol. The van der Waals surface area contributed by atoms with Crippen LogP contribution in [0.25, 0.3) is 0 Å². The summed E-state index contributed by atoms with van der Waals surface area (Å²) >= 11 is 0. The van der Waals surface area contributed by atoms with Gasteiger partial charge in [-0.25, -0.2) is 0 Å². The monoisotopic (exact) mass is 191 g/mol. The van der Waals surface area contributed by atoms with Crippen LogP contribution in [0.5, 0.6) is 0 Å². The van der Waals surface area contributed by atoms with Crippen molar-refractivity contribution < 1.29 is 0 Å². The van der Waals surface area contributed by atoms with Gasteiger partial charge in [-0.2, -0.15) is 0 Å². The first-order valence-corrected chi connectivity index (χ1v) is 5.27. The van der Waals surface area contributed by atoms with Crippen molar-refractivity contribution in [2.45, 2.75) is 25.4 Å². The van der Waals surface area contributed by atoms with Crippen LogP contribution in [-0.2, 0) is 0 Å². The fourth-order valence-electron chi connectivity index (χ4n) is 1.97. The summed E-state index contributed by atoms with van der Waals surface area (Å²) in [6.45, 7) is 2.26. The molecule has 2 heterocycles. The molecule has 2 N–H and O–H groups in total. The lowest BCUT2D eigenvalue weighted by Gasteiger charge is -2.32. The number of nitrogens with two attached hydrogens (primary N) is 1. The van der Waals surface area contributed by atoms with Crippen molar-refractivity contribution in [1.82, 2.24) is 9.88 Å². The Hall–Kier alpha value is -0.930. The lowest BCUT2D eigenvalue weighted by atomic mass is 10.1. The van der Waals surface area contributed by atoms with E-state index in [1.165, 1.54) is 24.8 Å². The van der Waals surface area contributed by atoms with E-state index in [1.54, 1.807) is 12.4 Å². The Morgan fingerprint density at radius 1 is 1.14 bits per heavy atom. The van der Waals surface area contributed by atoms with Gasteiger partial charge in [0.1, 0.15) is 0 Å². The second kappa shape index (κ2) is 4.53. The van der Waals surface area contributed by atoms with Crippen molar-refractivity contribution in [3.05, 3.63) is 30.1 Å². The molecule has 0 bridgehead atoms. The van der Waals surface area contributed by atoms with Crippen LogP contribution in [-0.4, -0.2) is 23.0 Å². The normalized spacial score (nSPS) is 20.6. The highest BCUT2D eigenvalue weighted by atomic mass is 15.2. The highest BCUT2D eigenvalue weighted by molar-refractivity contribution is 5.13. The molecule has 3 nitrogen and oxygen atoms in total. The van der Waals surface area contributed by atoms with Gasteiger partial charge in [-0.3, -0.25) is 9.88 Å². The van der Waals surface area contributed by atoms with Crippen molar-refractivity contribution in [3.8, 4) is 0 Å². The highest BCUT2D eigenvalue weighted by Gasteiger charge is 2.17. The Bertz CT molecular complexity index is 267. The molecule has 1 fully saturated rings. The second-order valence-electron chi connectivity index (χ2n) is 3.82. The molecule has 14 heavy (non-hydrogen) atoms. The maximum Gasteiger partial charge on any atom is 0.0836 e. The van der Waals surface area contributed by atoms with E-state index in [9.17, 15) is 0 Å². The molecule has 1 aromatic heterocycles. The van der Waals surface area contributed by atoms with Crippen LogP contribution in [0.15, 0.2) is 24.5 Å². The number of hydrogen-bond acceptors (Lipinski definition) is 3. The molecule has 1 aliphatic rings. The van der Waals surface area contributed by atoms with E-state index in [0.29, 0.717) is 0 Å². The van der Waals surface area contributed by atoms with Gasteiger partial charge in [0.15, 0.2) is 0 Å². The molecule has 0 spiro atoms. The van der Waals surface area contributed by atoms with Gasteiger partial charge in [0, 0.05) is 12.4 Å². The van der Waals surface area contributed by atoms with E-state index in [1.807, 2.05) is 12.1 Å². The van der Waals surface area contributed by atoms with E-state index in [0.717, 1.165) is 13.1 Å². The Balaban J connectivity index is 2.03. The van der Waals surface area contributed by atoms with Gasteiger partial charge in [-0.1, -0.05) is 6.42 Å². The van der Waals surface area contributed by atoms with Crippen molar-refractivity contribution in [2.75, 3.05) is 13.1 Å². The van der Waals surface area contributed by atoms with Crippen LogP contribution in [0.3, 0.4) is 0 Å². The van der Waals surface area contributed by atoms with Crippen LogP contribution in [0.2, 0.25) is 0 Å². The highest BCUT2D eigenvalue weighted by Crippen LogP contribution is 2.19. The molecule has 0 aromatic carbocycles. The number of nitrogens with zero attached hydrogens (tertiary/aromatic N) is 2. The molecule has 3 heteroatoms. The minimum atomic E-state index is 0.0540. The third-order valence-corrected chi connectivity index (χ3v) is 2.83. The number of pyridine rings is 1. The molecular formula is C11H17N3. The smallest absolute Gasteiger partial charge is 0.0836 e. The second-order valence-corrected chi connectivity index (χ2v) is 3.82. The predicted molar refractivity (Wildman–Crippen MR) is 56.6 cm³/mol. The SMILES string of the molecule is NC(c1ccncc1)N1CCCCC1. The number of aromatic nitrogens is 1. The van der Waals surface area contributed by atoms with Gasteiger partial charge in [0.25, 0.3) is 0 Å². The molecule has 76 valence electrons.